The normalized spacial score (nSPS) is 14.5. The maximum atomic E-state index is 12.9. The maximum Gasteiger partial charge on any atom is 0.278 e. The fourth-order valence-corrected chi connectivity index (χ4v) is 2.79. The first-order valence-corrected chi connectivity index (χ1v) is 7.66. The molecular formula is C17H14ClN3O. The monoisotopic (exact) mass is 311 g/mol. The highest BCUT2D eigenvalue weighted by Crippen LogP contribution is 2.35. The second-order valence-corrected chi connectivity index (χ2v) is 6.17. The molecule has 2 heterocycles. The molecule has 0 radical (unpaired) electrons. The average Bonchev–Trinajstić information content (AvgIpc) is 3.32. The van der Waals surface area contributed by atoms with Gasteiger partial charge in [-0.3, -0.25) is 9.36 Å². The summed E-state index contributed by atoms with van der Waals surface area (Å²) in [5, 5.41) is 0.643. The summed E-state index contributed by atoms with van der Waals surface area (Å²) in [6, 6.07) is 9.44. The fourth-order valence-electron chi connectivity index (χ4n) is 2.66. The van der Waals surface area contributed by atoms with Crippen LogP contribution >= 0.6 is 11.6 Å². The molecule has 1 aromatic carbocycles. The number of benzene rings is 1. The van der Waals surface area contributed by atoms with Gasteiger partial charge in [0.05, 0.1) is 0 Å². The Bertz CT molecular complexity index is 927. The Morgan fingerprint density at radius 2 is 1.95 bits per heavy atom. The number of aryl methyl sites for hydroxylation is 1. The summed E-state index contributed by atoms with van der Waals surface area (Å²) in [4.78, 5) is 21.9. The Hall–Kier alpha value is -2.20. The van der Waals surface area contributed by atoms with E-state index in [4.69, 9.17) is 11.6 Å². The summed E-state index contributed by atoms with van der Waals surface area (Å²) in [6.07, 6.45) is 3.83. The van der Waals surface area contributed by atoms with Crippen LogP contribution in [-0.2, 0) is 0 Å². The largest absolute Gasteiger partial charge is 0.286 e. The highest BCUT2D eigenvalue weighted by atomic mass is 35.5. The first-order chi connectivity index (χ1) is 10.6. The molecule has 0 unspecified atom stereocenters. The second-order valence-electron chi connectivity index (χ2n) is 5.73. The summed E-state index contributed by atoms with van der Waals surface area (Å²) >= 11 is 5.93. The van der Waals surface area contributed by atoms with Gasteiger partial charge in [-0.15, -0.1) is 0 Å². The van der Waals surface area contributed by atoms with Crippen LogP contribution in [0.1, 0.15) is 24.4 Å². The molecule has 1 aliphatic carbocycles. The van der Waals surface area contributed by atoms with Gasteiger partial charge in [0.25, 0.3) is 5.56 Å². The molecule has 0 spiro atoms. The van der Waals surface area contributed by atoms with E-state index in [9.17, 15) is 4.79 Å². The highest BCUT2D eigenvalue weighted by molar-refractivity contribution is 6.30. The number of hydrogen-bond acceptors (Lipinski definition) is 3. The zero-order chi connectivity index (χ0) is 15.3. The van der Waals surface area contributed by atoms with E-state index in [-0.39, 0.29) is 11.6 Å². The van der Waals surface area contributed by atoms with Gasteiger partial charge in [0.2, 0.25) is 0 Å². The summed E-state index contributed by atoms with van der Waals surface area (Å²) in [7, 11) is 0. The lowest BCUT2D eigenvalue weighted by Gasteiger charge is -2.11. The Morgan fingerprint density at radius 3 is 2.64 bits per heavy atom. The van der Waals surface area contributed by atoms with Crippen LogP contribution in [0, 0.1) is 6.92 Å². The molecule has 1 saturated carbocycles. The molecule has 22 heavy (non-hydrogen) atoms. The van der Waals surface area contributed by atoms with Crippen LogP contribution in [0.4, 0.5) is 0 Å². The van der Waals surface area contributed by atoms with Gasteiger partial charge < -0.3 is 0 Å². The first-order valence-electron chi connectivity index (χ1n) is 7.28. The third-order valence-corrected chi connectivity index (χ3v) is 4.15. The van der Waals surface area contributed by atoms with Crippen molar-refractivity contribution in [1.82, 2.24) is 14.5 Å². The molecule has 0 atom stereocenters. The number of nitrogens with zero attached hydrogens (tertiary/aromatic N) is 3. The third-order valence-electron chi connectivity index (χ3n) is 3.90. The Kier molecular flexibility index (Phi) is 3.01. The third kappa shape index (κ3) is 2.20. The summed E-state index contributed by atoms with van der Waals surface area (Å²) in [5.41, 5.74) is 3.64. The van der Waals surface area contributed by atoms with E-state index in [1.807, 2.05) is 25.1 Å². The predicted octanol–water partition coefficient (Wildman–Crippen LogP) is 3.76. The number of pyridine rings is 1. The highest BCUT2D eigenvalue weighted by Gasteiger charge is 2.28. The predicted molar refractivity (Wildman–Crippen MR) is 87.3 cm³/mol. The second kappa shape index (κ2) is 4.92. The van der Waals surface area contributed by atoms with Crippen molar-refractivity contribution in [3.8, 4) is 11.3 Å². The van der Waals surface area contributed by atoms with Gasteiger partial charge in [0, 0.05) is 22.8 Å². The van der Waals surface area contributed by atoms with Crippen LogP contribution in [0.5, 0.6) is 0 Å². The van der Waals surface area contributed by atoms with E-state index >= 15 is 0 Å². The minimum absolute atomic E-state index is 0.0753. The lowest BCUT2D eigenvalue weighted by Crippen LogP contribution is -2.23. The Labute approximate surface area is 132 Å². The maximum absolute atomic E-state index is 12.9. The number of hydrogen-bond donors (Lipinski definition) is 0. The van der Waals surface area contributed by atoms with Crippen LogP contribution in [0.25, 0.3) is 22.4 Å². The smallest absolute Gasteiger partial charge is 0.278 e. The molecule has 3 aromatic rings. The lowest BCUT2D eigenvalue weighted by molar-refractivity contribution is 0.725. The van der Waals surface area contributed by atoms with Gasteiger partial charge in [0.1, 0.15) is 11.2 Å². The average molecular weight is 312 g/mol. The van der Waals surface area contributed by atoms with Crippen molar-refractivity contribution >= 4 is 22.8 Å². The zero-order valence-electron chi connectivity index (χ0n) is 12.1. The molecule has 0 saturated heterocycles. The van der Waals surface area contributed by atoms with Crippen molar-refractivity contribution in [2.24, 2.45) is 0 Å². The van der Waals surface area contributed by atoms with E-state index in [2.05, 4.69) is 9.97 Å². The summed E-state index contributed by atoms with van der Waals surface area (Å²) in [6.45, 7) is 1.97. The van der Waals surface area contributed by atoms with E-state index in [0.717, 1.165) is 29.5 Å². The molecule has 110 valence electrons. The van der Waals surface area contributed by atoms with E-state index in [1.54, 1.807) is 22.9 Å². The van der Waals surface area contributed by atoms with Crippen molar-refractivity contribution in [3.63, 3.8) is 0 Å². The van der Waals surface area contributed by atoms with Gasteiger partial charge in [-0.2, -0.15) is 0 Å². The van der Waals surface area contributed by atoms with Crippen LogP contribution in [-0.4, -0.2) is 14.5 Å². The van der Waals surface area contributed by atoms with Crippen LogP contribution in [0.3, 0.4) is 0 Å². The van der Waals surface area contributed by atoms with Crippen molar-refractivity contribution in [2.75, 3.05) is 0 Å². The molecule has 0 N–H and O–H groups in total. The topological polar surface area (TPSA) is 47.8 Å². The molecule has 0 amide bonds. The number of halogens is 1. The minimum Gasteiger partial charge on any atom is -0.286 e. The lowest BCUT2D eigenvalue weighted by atomic mass is 10.1. The van der Waals surface area contributed by atoms with Crippen molar-refractivity contribution in [2.45, 2.75) is 25.8 Å². The molecule has 5 heteroatoms. The molecule has 0 bridgehead atoms. The quantitative estimate of drug-likeness (QED) is 0.724. The van der Waals surface area contributed by atoms with E-state index in [1.165, 1.54) is 0 Å². The van der Waals surface area contributed by atoms with Crippen molar-refractivity contribution in [3.05, 3.63) is 57.5 Å². The van der Waals surface area contributed by atoms with Gasteiger partial charge in [0.15, 0.2) is 5.65 Å². The molecule has 2 aromatic heterocycles. The Morgan fingerprint density at radius 1 is 1.23 bits per heavy atom. The van der Waals surface area contributed by atoms with Gasteiger partial charge in [-0.1, -0.05) is 23.7 Å². The van der Waals surface area contributed by atoms with Crippen molar-refractivity contribution in [1.29, 1.82) is 0 Å². The first kappa shape index (κ1) is 13.5. The number of aromatic nitrogens is 3. The number of fused-ring (bicyclic) bond motifs is 1. The summed E-state index contributed by atoms with van der Waals surface area (Å²) in [5.74, 6) is 0. The zero-order valence-corrected chi connectivity index (χ0v) is 12.8. The van der Waals surface area contributed by atoms with Gasteiger partial charge in [-0.25, -0.2) is 9.97 Å². The van der Waals surface area contributed by atoms with Crippen LogP contribution < -0.4 is 5.56 Å². The van der Waals surface area contributed by atoms with Gasteiger partial charge >= 0.3 is 0 Å². The molecule has 4 rings (SSSR count). The van der Waals surface area contributed by atoms with E-state index in [0.29, 0.717) is 16.4 Å². The van der Waals surface area contributed by atoms with Crippen LogP contribution in [0.2, 0.25) is 5.02 Å². The molecule has 4 nitrogen and oxygen atoms in total. The summed E-state index contributed by atoms with van der Waals surface area (Å²) < 4.78 is 1.80. The standard InChI is InChI=1S/C17H14ClN3O/c1-10-8-14-16(19-9-10)21(13-6-7-13)17(22)15(20-14)11-2-4-12(18)5-3-11/h2-5,8-9,13H,6-7H2,1H3. The minimum atomic E-state index is -0.0753. The molecule has 1 aliphatic rings. The SMILES string of the molecule is Cc1cnc2c(c1)nc(-c1ccc(Cl)cc1)c(=O)n2C1CC1. The fraction of sp³-hybridized carbons (Fsp3) is 0.235. The number of rotatable bonds is 2. The molecule has 1 fully saturated rings. The van der Waals surface area contributed by atoms with Crippen molar-refractivity contribution < 1.29 is 0 Å². The Balaban J connectivity index is 2.04. The van der Waals surface area contributed by atoms with Crippen LogP contribution in [0.15, 0.2) is 41.3 Å². The molecule has 0 aliphatic heterocycles. The van der Waals surface area contributed by atoms with E-state index < -0.39 is 0 Å². The van der Waals surface area contributed by atoms with Gasteiger partial charge in [-0.05, 0) is 43.5 Å². The molecular weight excluding hydrogens is 298 g/mol.